The van der Waals surface area contributed by atoms with Gasteiger partial charge in [-0.3, -0.25) is 4.31 Å². The zero-order valence-corrected chi connectivity index (χ0v) is 19.1. The summed E-state index contributed by atoms with van der Waals surface area (Å²) in [5.74, 6) is 0. The average Bonchev–Trinajstić information content (AvgIpc) is 2.74. The maximum Gasteiger partial charge on any atom is 0.264 e. The summed E-state index contributed by atoms with van der Waals surface area (Å²) in [4.78, 5) is 2.53. The average molecular weight is 443 g/mol. The van der Waals surface area contributed by atoms with Gasteiger partial charge in [0.1, 0.15) is 0 Å². The summed E-state index contributed by atoms with van der Waals surface area (Å²) < 4.78 is 28.5. The Hall–Kier alpha value is -2.50. The monoisotopic (exact) mass is 442 g/mol. The first-order valence-electron chi connectivity index (χ1n) is 10.0. The number of hydrogen-bond donors (Lipinski definition) is 0. The van der Waals surface area contributed by atoms with Crippen molar-refractivity contribution < 1.29 is 8.42 Å². The first-order chi connectivity index (χ1) is 14.3. The highest BCUT2D eigenvalue weighted by Gasteiger charge is 2.25. The van der Waals surface area contributed by atoms with Gasteiger partial charge in [0.05, 0.1) is 17.1 Å². The molecule has 0 N–H and O–H groups in total. The molecule has 0 atom stereocenters. The van der Waals surface area contributed by atoms with E-state index in [4.69, 9.17) is 11.6 Å². The van der Waals surface area contributed by atoms with Crippen molar-refractivity contribution in [2.45, 2.75) is 32.2 Å². The van der Waals surface area contributed by atoms with E-state index in [9.17, 15) is 8.42 Å². The Kier molecular flexibility index (Phi) is 7.06. The Morgan fingerprint density at radius 2 is 1.43 bits per heavy atom. The Morgan fingerprint density at radius 1 is 0.833 bits per heavy atom. The molecule has 6 heteroatoms. The SMILES string of the molecule is CCN(CC)c1ccc(CN(c2ccc(Cl)cc2)S(=O)(=O)c2cccc(C)c2)cc1. The summed E-state index contributed by atoms with van der Waals surface area (Å²) in [6.07, 6.45) is 0. The van der Waals surface area contributed by atoms with E-state index in [1.54, 1.807) is 42.5 Å². The molecule has 0 amide bonds. The van der Waals surface area contributed by atoms with Crippen LogP contribution in [0.2, 0.25) is 5.02 Å². The smallest absolute Gasteiger partial charge is 0.264 e. The van der Waals surface area contributed by atoms with Crippen molar-refractivity contribution in [2.75, 3.05) is 22.3 Å². The van der Waals surface area contributed by atoms with Gasteiger partial charge in [0.2, 0.25) is 0 Å². The second kappa shape index (κ2) is 9.54. The highest BCUT2D eigenvalue weighted by Crippen LogP contribution is 2.28. The Bertz CT molecular complexity index is 1080. The lowest BCUT2D eigenvalue weighted by atomic mass is 10.2. The van der Waals surface area contributed by atoms with E-state index in [0.717, 1.165) is 29.9 Å². The summed E-state index contributed by atoms with van der Waals surface area (Å²) in [6, 6.07) is 21.9. The third kappa shape index (κ3) is 4.97. The molecule has 0 spiro atoms. The van der Waals surface area contributed by atoms with Crippen LogP contribution in [-0.4, -0.2) is 21.5 Å². The molecule has 0 bridgehead atoms. The third-order valence-electron chi connectivity index (χ3n) is 5.08. The van der Waals surface area contributed by atoms with Gasteiger partial charge in [0.25, 0.3) is 10.0 Å². The fourth-order valence-electron chi connectivity index (χ4n) is 3.39. The maximum atomic E-state index is 13.5. The molecule has 3 rings (SSSR count). The van der Waals surface area contributed by atoms with Gasteiger partial charge in [0, 0.05) is 23.8 Å². The lowest BCUT2D eigenvalue weighted by Crippen LogP contribution is -2.30. The van der Waals surface area contributed by atoms with Crippen LogP contribution >= 0.6 is 11.6 Å². The molecule has 0 aliphatic heterocycles. The van der Waals surface area contributed by atoms with Crippen LogP contribution in [0.15, 0.2) is 77.7 Å². The molecule has 3 aromatic rings. The molecular formula is C24H27ClN2O2S. The van der Waals surface area contributed by atoms with E-state index in [-0.39, 0.29) is 11.4 Å². The van der Waals surface area contributed by atoms with Crippen molar-refractivity contribution in [1.29, 1.82) is 0 Å². The van der Waals surface area contributed by atoms with E-state index in [2.05, 4.69) is 18.7 Å². The molecule has 0 aromatic heterocycles. The first kappa shape index (κ1) is 22.2. The molecule has 30 heavy (non-hydrogen) atoms. The number of sulfonamides is 1. The van der Waals surface area contributed by atoms with Crippen LogP contribution in [0.3, 0.4) is 0 Å². The van der Waals surface area contributed by atoms with Gasteiger partial charge in [-0.05, 0) is 80.4 Å². The standard InChI is InChI=1S/C24H27ClN2O2S/c1-4-26(5-2)22-13-9-20(10-14-22)18-27(23-15-11-21(25)12-16-23)30(28,29)24-8-6-7-19(3)17-24/h6-17H,4-5,18H2,1-3H3. The maximum absolute atomic E-state index is 13.5. The summed E-state index contributed by atoms with van der Waals surface area (Å²) in [5, 5.41) is 0.565. The molecule has 0 saturated carbocycles. The molecular weight excluding hydrogens is 416 g/mol. The molecule has 0 fully saturated rings. The van der Waals surface area contributed by atoms with Crippen molar-refractivity contribution in [3.8, 4) is 0 Å². The van der Waals surface area contributed by atoms with Crippen molar-refractivity contribution in [3.63, 3.8) is 0 Å². The number of benzene rings is 3. The second-order valence-electron chi connectivity index (χ2n) is 7.14. The van der Waals surface area contributed by atoms with E-state index in [1.165, 1.54) is 4.31 Å². The highest BCUT2D eigenvalue weighted by molar-refractivity contribution is 7.92. The molecule has 0 aliphatic rings. The topological polar surface area (TPSA) is 40.6 Å². The Balaban J connectivity index is 1.99. The van der Waals surface area contributed by atoms with Crippen LogP contribution in [-0.2, 0) is 16.6 Å². The Morgan fingerprint density at radius 3 is 2.00 bits per heavy atom. The summed E-state index contributed by atoms with van der Waals surface area (Å²) in [5.41, 5.74) is 3.52. The number of nitrogens with zero attached hydrogens (tertiary/aromatic N) is 2. The predicted molar refractivity (Wildman–Crippen MR) is 126 cm³/mol. The normalized spacial score (nSPS) is 11.3. The van der Waals surface area contributed by atoms with Crippen LogP contribution in [0.5, 0.6) is 0 Å². The number of rotatable bonds is 8. The van der Waals surface area contributed by atoms with Crippen molar-refractivity contribution in [2.24, 2.45) is 0 Å². The van der Waals surface area contributed by atoms with Crippen LogP contribution in [0.4, 0.5) is 11.4 Å². The third-order valence-corrected chi connectivity index (χ3v) is 7.11. The van der Waals surface area contributed by atoms with Crippen LogP contribution in [0.1, 0.15) is 25.0 Å². The number of aryl methyl sites for hydroxylation is 1. The minimum atomic E-state index is -3.74. The van der Waals surface area contributed by atoms with Gasteiger partial charge < -0.3 is 4.90 Å². The fraction of sp³-hybridized carbons (Fsp3) is 0.250. The molecule has 3 aromatic carbocycles. The summed E-state index contributed by atoms with van der Waals surface area (Å²) >= 11 is 6.03. The summed E-state index contributed by atoms with van der Waals surface area (Å²) in [7, 11) is -3.74. The molecule has 0 unspecified atom stereocenters. The van der Waals surface area contributed by atoms with Gasteiger partial charge in [0.15, 0.2) is 0 Å². The van der Waals surface area contributed by atoms with E-state index in [1.807, 2.05) is 37.3 Å². The van der Waals surface area contributed by atoms with Crippen molar-refractivity contribution in [1.82, 2.24) is 0 Å². The van der Waals surface area contributed by atoms with Crippen molar-refractivity contribution >= 4 is 33.0 Å². The van der Waals surface area contributed by atoms with Crippen LogP contribution < -0.4 is 9.21 Å². The molecule has 0 saturated heterocycles. The summed E-state index contributed by atoms with van der Waals surface area (Å²) in [6.45, 7) is 8.21. The fourth-order valence-corrected chi connectivity index (χ4v) is 5.08. The lowest BCUT2D eigenvalue weighted by molar-refractivity contribution is 0.590. The molecule has 4 nitrogen and oxygen atoms in total. The highest BCUT2D eigenvalue weighted by atomic mass is 35.5. The molecule has 0 heterocycles. The second-order valence-corrected chi connectivity index (χ2v) is 9.44. The quantitative estimate of drug-likeness (QED) is 0.436. The number of halogens is 1. The number of anilines is 2. The largest absolute Gasteiger partial charge is 0.372 e. The van der Waals surface area contributed by atoms with E-state index in [0.29, 0.717) is 10.7 Å². The van der Waals surface area contributed by atoms with Crippen LogP contribution in [0, 0.1) is 6.92 Å². The van der Waals surface area contributed by atoms with Gasteiger partial charge >= 0.3 is 0 Å². The predicted octanol–water partition coefficient (Wildman–Crippen LogP) is 5.89. The zero-order chi connectivity index (χ0) is 21.7. The van der Waals surface area contributed by atoms with Gasteiger partial charge in [-0.1, -0.05) is 35.9 Å². The van der Waals surface area contributed by atoms with Gasteiger partial charge in [-0.25, -0.2) is 8.42 Å². The van der Waals surface area contributed by atoms with Gasteiger partial charge in [-0.2, -0.15) is 0 Å². The Labute approximate surface area is 184 Å². The minimum Gasteiger partial charge on any atom is -0.372 e. The zero-order valence-electron chi connectivity index (χ0n) is 17.5. The van der Waals surface area contributed by atoms with E-state index < -0.39 is 10.0 Å². The molecule has 0 aliphatic carbocycles. The van der Waals surface area contributed by atoms with Crippen LogP contribution in [0.25, 0.3) is 0 Å². The van der Waals surface area contributed by atoms with E-state index >= 15 is 0 Å². The first-order valence-corrected chi connectivity index (χ1v) is 11.9. The lowest BCUT2D eigenvalue weighted by Gasteiger charge is -2.26. The molecule has 0 radical (unpaired) electrons. The van der Waals surface area contributed by atoms with Gasteiger partial charge in [-0.15, -0.1) is 0 Å². The number of hydrogen-bond acceptors (Lipinski definition) is 3. The molecule has 158 valence electrons. The van der Waals surface area contributed by atoms with Crippen molar-refractivity contribution in [3.05, 3.63) is 88.9 Å². The minimum absolute atomic E-state index is 0.233.